The molecule has 1 aromatic rings. The van der Waals surface area contributed by atoms with Gasteiger partial charge in [-0.05, 0) is 51.3 Å². The molecule has 1 aromatic carbocycles. The second-order valence-electron chi connectivity index (χ2n) is 6.99. The van der Waals surface area contributed by atoms with Crippen molar-refractivity contribution in [2.45, 2.75) is 51.7 Å². The number of nitriles is 1. The quantitative estimate of drug-likeness (QED) is 0.889. The molecule has 1 fully saturated rings. The standard InChI is InChI=1S/C18H21ClN2O3/c1-17(2,3)24-16(23)21-15(12-6-8-13(19)9-7-12)18(11-20)10-4-5-14(18)22/h6-9,15H,4-5,10H2,1-3H3,(H,21,23)/t15-,18-/m0/s1. The molecule has 0 saturated heterocycles. The monoisotopic (exact) mass is 348 g/mol. The van der Waals surface area contributed by atoms with Gasteiger partial charge in [0, 0.05) is 11.4 Å². The molecule has 1 aliphatic carbocycles. The van der Waals surface area contributed by atoms with Gasteiger partial charge in [-0.1, -0.05) is 23.7 Å². The Morgan fingerprint density at radius 1 is 1.38 bits per heavy atom. The number of amides is 1. The van der Waals surface area contributed by atoms with Gasteiger partial charge in [0.1, 0.15) is 11.0 Å². The highest BCUT2D eigenvalue weighted by molar-refractivity contribution is 6.30. The molecule has 6 heteroatoms. The van der Waals surface area contributed by atoms with Crippen LogP contribution in [-0.2, 0) is 9.53 Å². The van der Waals surface area contributed by atoms with Crippen molar-refractivity contribution in [1.29, 1.82) is 5.26 Å². The number of benzene rings is 1. The molecule has 0 bridgehead atoms. The number of rotatable bonds is 3. The van der Waals surface area contributed by atoms with E-state index in [0.29, 0.717) is 29.8 Å². The van der Waals surface area contributed by atoms with Crippen molar-refractivity contribution < 1.29 is 14.3 Å². The lowest BCUT2D eigenvalue weighted by Gasteiger charge is -2.32. The first kappa shape index (κ1) is 18.3. The van der Waals surface area contributed by atoms with Crippen LogP contribution in [0.4, 0.5) is 4.79 Å². The third kappa shape index (κ3) is 3.88. The average Bonchev–Trinajstić information content (AvgIpc) is 2.86. The van der Waals surface area contributed by atoms with Crippen LogP contribution in [0.3, 0.4) is 0 Å². The topological polar surface area (TPSA) is 79.2 Å². The summed E-state index contributed by atoms with van der Waals surface area (Å²) >= 11 is 5.92. The van der Waals surface area contributed by atoms with Crippen molar-refractivity contribution in [3.63, 3.8) is 0 Å². The minimum atomic E-state index is -1.27. The predicted octanol–water partition coefficient (Wildman–Crippen LogP) is 4.17. The normalized spacial score (nSPS) is 21.9. The third-order valence-corrected chi connectivity index (χ3v) is 4.28. The van der Waals surface area contributed by atoms with E-state index >= 15 is 0 Å². The summed E-state index contributed by atoms with van der Waals surface area (Å²) in [5.74, 6) is -0.152. The molecule has 0 aromatic heterocycles. The maximum atomic E-state index is 12.4. The lowest BCUT2D eigenvalue weighted by Crippen LogP contribution is -2.44. The molecule has 1 amide bonds. The number of hydrogen-bond acceptors (Lipinski definition) is 4. The molecule has 0 spiro atoms. The van der Waals surface area contributed by atoms with Gasteiger partial charge in [-0.3, -0.25) is 4.79 Å². The number of ether oxygens (including phenoxy) is 1. The van der Waals surface area contributed by atoms with Crippen LogP contribution in [0.2, 0.25) is 5.02 Å². The zero-order chi connectivity index (χ0) is 18.0. The smallest absolute Gasteiger partial charge is 0.408 e. The fourth-order valence-electron chi connectivity index (χ4n) is 2.95. The Hall–Kier alpha value is -2.06. The van der Waals surface area contributed by atoms with Crippen molar-refractivity contribution in [1.82, 2.24) is 5.32 Å². The molecular formula is C18H21ClN2O3. The van der Waals surface area contributed by atoms with E-state index in [2.05, 4.69) is 11.4 Å². The van der Waals surface area contributed by atoms with E-state index in [4.69, 9.17) is 16.3 Å². The van der Waals surface area contributed by atoms with Crippen LogP contribution in [-0.4, -0.2) is 17.5 Å². The van der Waals surface area contributed by atoms with E-state index in [1.165, 1.54) is 0 Å². The Morgan fingerprint density at radius 3 is 2.46 bits per heavy atom. The molecule has 0 unspecified atom stereocenters. The first-order valence-electron chi connectivity index (χ1n) is 7.87. The van der Waals surface area contributed by atoms with E-state index in [-0.39, 0.29) is 5.78 Å². The molecular weight excluding hydrogens is 328 g/mol. The van der Waals surface area contributed by atoms with E-state index < -0.39 is 23.2 Å². The lowest BCUT2D eigenvalue weighted by molar-refractivity contribution is -0.124. The Kier molecular flexibility index (Phi) is 5.19. The predicted molar refractivity (Wildman–Crippen MR) is 90.5 cm³/mol. The summed E-state index contributed by atoms with van der Waals surface area (Å²) < 4.78 is 5.30. The van der Waals surface area contributed by atoms with E-state index in [9.17, 15) is 14.9 Å². The van der Waals surface area contributed by atoms with Gasteiger partial charge in [-0.25, -0.2) is 4.79 Å². The molecule has 0 heterocycles. The molecule has 2 rings (SSSR count). The van der Waals surface area contributed by atoms with Gasteiger partial charge in [0.15, 0.2) is 5.78 Å². The zero-order valence-electron chi connectivity index (χ0n) is 14.1. The van der Waals surface area contributed by atoms with Crippen molar-refractivity contribution in [2.24, 2.45) is 5.41 Å². The molecule has 0 aliphatic heterocycles. The van der Waals surface area contributed by atoms with Crippen molar-refractivity contribution >= 4 is 23.5 Å². The van der Waals surface area contributed by atoms with Crippen LogP contribution in [0.15, 0.2) is 24.3 Å². The zero-order valence-corrected chi connectivity index (χ0v) is 14.8. The van der Waals surface area contributed by atoms with Crippen LogP contribution in [0.1, 0.15) is 51.6 Å². The van der Waals surface area contributed by atoms with Gasteiger partial charge in [0.05, 0.1) is 12.1 Å². The van der Waals surface area contributed by atoms with Gasteiger partial charge in [0.2, 0.25) is 0 Å². The maximum Gasteiger partial charge on any atom is 0.408 e. The van der Waals surface area contributed by atoms with Crippen molar-refractivity contribution in [3.05, 3.63) is 34.9 Å². The Balaban J connectivity index is 2.39. The number of alkyl carbamates (subject to hydrolysis) is 1. The molecule has 2 atom stereocenters. The van der Waals surface area contributed by atoms with Crippen LogP contribution >= 0.6 is 11.6 Å². The third-order valence-electron chi connectivity index (χ3n) is 4.03. The number of ketones is 1. The molecule has 128 valence electrons. The largest absolute Gasteiger partial charge is 0.444 e. The minimum Gasteiger partial charge on any atom is -0.444 e. The second kappa shape index (κ2) is 6.82. The summed E-state index contributed by atoms with van der Waals surface area (Å²) in [6, 6.07) is 8.16. The SMILES string of the molecule is CC(C)(C)OC(=O)N[C@@H](c1ccc(Cl)cc1)[C@]1(C#N)CCCC1=O. The van der Waals surface area contributed by atoms with E-state index in [0.717, 1.165) is 0 Å². The molecule has 24 heavy (non-hydrogen) atoms. The average molecular weight is 349 g/mol. The summed E-state index contributed by atoms with van der Waals surface area (Å²) in [7, 11) is 0. The first-order valence-corrected chi connectivity index (χ1v) is 8.25. The molecule has 5 nitrogen and oxygen atoms in total. The second-order valence-corrected chi connectivity index (χ2v) is 7.43. The van der Waals surface area contributed by atoms with E-state index in [1.54, 1.807) is 45.0 Å². The minimum absolute atomic E-state index is 0.152. The van der Waals surface area contributed by atoms with Gasteiger partial charge in [0.25, 0.3) is 0 Å². The van der Waals surface area contributed by atoms with E-state index in [1.807, 2.05) is 0 Å². The number of carbonyl (C=O) groups is 2. The number of hydrogen-bond donors (Lipinski definition) is 1. The number of Topliss-reactive ketones (excluding diaryl/α,β-unsaturated/α-hetero) is 1. The Labute approximate surface area is 146 Å². The number of nitrogens with one attached hydrogen (secondary N) is 1. The van der Waals surface area contributed by atoms with Gasteiger partial charge in [-0.15, -0.1) is 0 Å². The highest BCUT2D eigenvalue weighted by atomic mass is 35.5. The molecule has 1 saturated carbocycles. The Bertz CT molecular complexity index is 673. The van der Waals surface area contributed by atoms with Crippen molar-refractivity contribution in [3.8, 4) is 6.07 Å². The highest BCUT2D eigenvalue weighted by Crippen LogP contribution is 2.45. The lowest BCUT2D eigenvalue weighted by atomic mass is 9.76. The van der Waals surface area contributed by atoms with Gasteiger partial charge < -0.3 is 10.1 Å². The fraction of sp³-hybridized carbons (Fsp3) is 0.500. The molecule has 0 radical (unpaired) electrons. The highest BCUT2D eigenvalue weighted by Gasteiger charge is 2.50. The van der Waals surface area contributed by atoms with Crippen molar-refractivity contribution in [2.75, 3.05) is 0 Å². The summed E-state index contributed by atoms with van der Waals surface area (Å²) in [6.45, 7) is 5.26. The first-order chi connectivity index (χ1) is 11.2. The summed E-state index contributed by atoms with van der Waals surface area (Å²) in [5.41, 5.74) is -1.29. The number of nitrogens with zero attached hydrogens (tertiary/aromatic N) is 1. The number of carbonyl (C=O) groups excluding carboxylic acids is 2. The Morgan fingerprint density at radius 2 is 2.00 bits per heavy atom. The number of halogens is 1. The summed E-state index contributed by atoms with van der Waals surface area (Å²) in [4.78, 5) is 24.7. The maximum absolute atomic E-state index is 12.4. The molecule has 1 N–H and O–H groups in total. The van der Waals surface area contributed by atoms with Crippen LogP contribution < -0.4 is 5.32 Å². The van der Waals surface area contributed by atoms with Gasteiger partial charge >= 0.3 is 6.09 Å². The van der Waals surface area contributed by atoms with Crippen LogP contribution in [0, 0.1) is 16.7 Å². The molecule has 1 aliphatic rings. The summed E-state index contributed by atoms with van der Waals surface area (Å²) in [6.07, 6.45) is 0.725. The van der Waals surface area contributed by atoms with Gasteiger partial charge in [-0.2, -0.15) is 5.26 Å². The van der Waals surface area contributed by atoms with Crippen LogP contribution in [0.5, 0.6) is 0 Å². The summed E-state index contributed by atoms with van der Waals surface area (Å²) in [5, 5.41) is 13.0. The fourth-order valence-corrected chi connectivity index (χ4v) is 3.08. The van der Waals surface area contributed by atoms with Crippen LogP contribution in [0.25, 0.3) is 0 Å².